The molecule has 2 amide bonds. The number of hydrogen-bond donors (Lipinski definition) is 0. The Morgan fingerprint density at radius 1 is 1.09 bits per heavy atom. The van der Waals surface area contributed by atoms with Gasteiger partial charge >= 0.3 is 0 Å². The molecule has 2 aliphatic heterocycles. The molecule has 170 valence electrons. The molecule has 7 heteroatoms. The number of carbonyl (C=O) groups is 2. The summed E-state index contributed by atoms with van der Waals surface area (Å²) >= 11 is 0. The van der Waals surface area contributed by atoms with Gasteiger partial charge < -0.3 is 14.5 Å². The maximum Gasteiger partial charge on any atom is 0.259 e. The third-order valence-electron chi connectivity index (χ3n) is 6.58. The van der Waals surface area contributed by atoms with E-state index in [9.17, 15) is 14.0 Å². The third kappa shape index (κ3) is 4.40. The van der Waals surface area contributed by atoms with E-state index in [1.54, 1.807) is 24.1 Å². The highest BCUT2D eigenvalue weighted by Gasteiger charge is 2.40. The summed E-state index contributed by atoms with van der Waals surface area (Å²) in [5.41, 5.74) is 4.01. The molecule has 6 nitrogen and oxygen atoms in total. The smallest absolute Gasteiger partial charge is 0.259 e. The summed E-state index contributed by atoms with van der Waals surface area (Å²) in [5, 5.41) is 0. The Balaban J connectivity index is 1.58. The fourth-order valence-corrected chi connectivity index (χ4v) is 4.57. The topological polar surface area (TPSA) is 53.1 Å². The van der Waals surface area contributed by atoms with Crippen LogP contribution in [0.25, 0.3) is 0 Å². The van der Waals surface area contributed by atoms with Crippen molar-refractivity contribution >= 4 is 17.5 Å². The SMILES string of the molecule is COCCN1CCN(C(=O)CC2c3cc(C)c(C)cc3C(=O)N2c2cccc(F)c2)CC1. The zero-order chi connectivity index (χ0) is 22.8. The first-order chi connectivity index (χ1) is 15.4. The first kappa shape index (κ1) is 22.4. The molecule has 1 atom stereocenters. The summed E-state index contributed by atoms with van der Waals surface area (Å²) in [6.45, 7) is 8.43. The predicted octanol–water partition coefficient (Wildman–Crippen LogP) is 3.32. The summed E-state index contributed by atoms with van der Waals surface area (Å²) in [6.07, 6.45) is 0.176. The molecule has 1 unspecified atom stereocenters. The van der Waals surface area contributed by atoms with Crippen LogP contribution in [0.4, 0.5) is 10.1 Å². The lowest BCUT2D eigenvalue weighted by molar-refractivity contribution is -0.133. The van der Waals surface area contributed by atoms with Gasteiger partial charge in [-0.3, -0.25) is 14.5 Å². The molecule has 2 heterocycles. The highest BCUT2D eigenvalue weighted by Crippen LogP contribution is 2.41. The summed E-state index contributed by atoms with van der Waals surface area (Å²) in [4.78, 5) is 32.3. The van der Waals surface area contributed by atoms with E-state index in [2.05, 4.69) is 4.90 Å². The number of aryl methyl sites for hydroxylation is 2. The van der Waals surface area contributed by atoms with Crippen LogP contribution in [0.5, 0.6) is 0 Å². The average molecular weight is 440 g/mol. The predicted molar refractivity (Wildman–Crippen MR) is 121 cm³/mol. The largest absolute Gasteiger partial charge is 0.383 e. The quantitative estimate of drug-likeness (QED) is 0.693. The van der Waals surface area contributed by atoms with E-state index in [1.165, 1.54) is 12.1 Å². The molecule has 2 aromatic carbocycles. The van der Waals surface area contributed by atoms with Gasteiger partial charge in [0.25, 0.3) is 5.91 Å². The van der Waals surface area contributed by atoms with Gasteiger partial charge in [-0.25, -0.2) is 4.39 Å². The summed E-state index contributed by atoms with van der Waals surface area (Å²) in [7, 11) is 1.69. The van der Waals surface area contributed by atoms with Crippen molar-refractivity contribution in [2.24, 2.45) is 0 Å². The van der Waals surface area contributed by atoms with Crippen LogP contribution in [0.2, 0.25) is 0 Å². The molecule has 2 aliphatic rings. The lowest BCUT2D eigenvalue weighted by atomic mass is 9.96. The van der Waals surface area contributed by atoms with Crippen LogP contribution < -0.4 is 4.90 Å². The van der Waals surface area contributed by atoms with Crippen LogP contribution in [0.3, 0.4) is 0 Å². The van der Waals surface area contributed by atoms with Crippen molar-refractivity contribution in [2.75, 3.05) is 51.3 Å². The highest BCUT2D eigenvalue weighted by molar-refractivity contribution is 6.11. The molecule has 0 aromatic heterocycles. The first-order valence-electron chi connectivity index (χ1n) is 11.1. The number of methoxy groups -OCH3 is 1. The van der Waals surface area contributed by atoms with Crippen LogP contribution in [0, 0.1) is 19.7 Å². The fraction of sp³-hybridized carbons (Fsp3) is 0.440. The van der Waals surface area contributed by atoms with Crippen molar-refractivity contribution in [1.29, 1.82) is 0 Å². The van der Waals surface area contributed by atoms with Crippen molar-refractivity contribution in [2.45, 2.75) is 26.3 Å². The second-order valence-corrected chi connectivity index (χ2v) is 8.61. The van der Waals surface area contributed by atoms with E-state index in [0.29, 0.717) is 30.9 Å². The zero-order valence-corrected chi connectivity index (χ0v) is 18.9. The van der Waals surface area contributed by atoms with Gasteiger partial charge in [-0.1, -0.05) is 12.1 Å². The maximum absolute atomic E-state index is 14.0. The van der Waals surface area contributed by atoms with Crippen molar-refractivity contribution < 1.29 is 18.7 Å². The number of amides is 2. The van der Waals surface area contributed by atoms with Crippen molar-refractivity contribution in [3.63, 3.8) is 0 Å². The van der Waals surface area contributed by atoms with Crippen molar-refractivity contribution in [1.82, 2.24) is 9.80 Å². The van der Waals surface area contributed by atoms with E-state index >= 15 is 0 Å². The van der Waals surface area contributed by atoms with Gasteiger partial charge in [-0.15, -0.1) is 0 Å². The highest BCUT2D eigenvalue weighted by atomic mass is 19.1. The Hall–Kier alpha value is -2.77. The second kappa shape index (κ2) is 9.38. The van der Waals surface area contributed by atoms with Gasteiger partial charge in [-0.05, 0) is 54.8 Å². The summed E-state index contributed by atoms with van der Waals surface area (Å²) in [6, 6.07) is 9.47. The summed E-state index contributed by atoms with van der Waals surface area (Å²) in [5.74, 6) is -0.576. The van der Waals surface area contributed by atoms with Crippen LogP contribution in [0.15, 0.2) is 36.4 Å². The minimum atomic E-state index is -0.447. The fourth-order valence-electron chi connectivity index (χ4n) is 4.57. The van der Waals surface area contributed by atoms with Gasteiger partial charge in [0, 0.05) is 51.1 Å². The third-order valence-corrected chi connectivity index (χ3v) is 6.58. The van der Waals surface area contributed by atoms with E-state index in [-0.39, 0.29) is 18.2 Å². The molecular weight excluding hydrogens is 409 g/mol. The normalized spacial score (nSPS) is 18.9. The number of anilines is 1. The Morgan fingerprint density at radius 3 is 2.50 bits per heavy atom. The van der Waals surface area contributed by atoms with Gasteiger partial charge in [0.15, 0.2) is 0 Å². The van der Waals surface area contributed by atoms with Crippen LogP contribution in [-0.4, -0.2) is 68.1 Å². The van der Waals surface area contributed by atoms with E-state index in [0.717, 1.165) is 36.3 Å². The van der Waals surface area contributed by atoms with E-state index in [1.807, 2.05) is 30.9 Å². The molecule has 1 fully saturated rings. The minimum absolute atomic E-state index is 0.0154. The van der Waals surface area contributed by atoms with Crippen molar-refractivity contribution in [3.05, 3.63) is 64.5 Å². The van der Waals surface area contributed by atoms with Crippen LogP contribution >= 0.6 is 0 Å². The van der Waals surface area contributed by atoms with Gasteiger partial charge in [0.05, 0.1) is 19.1 Å². The molecular formula is C25H30FN3O3. The number of piperazine rings is 1. The molecule has 0 saturated carbocycles. The lowest BCUT2D eigenvalue weighted by Crippen LogP contribution is -2.50. The number of halogens is 1. The number of benzene rings is 2. The molecule has 0 radical (unpaired) electrons. The standard InChI is InChI=1S/C25H30FN3O3/c1-17-13-21-22(14-18(17)2)25(31)29(20-6-4-5-19(26)15-20)23(21)16-24(30)28-9-7-27(8-10-28)11-12-32-3/h4-6,13-15,23H,7-12,16H2,1-3H3. The summed E-state index contributed by atoms with van der Waals surface area (Å²) < 4.78 is 19.1. The lowest BCUT2D eigenvalue weighted by Gasteiger charge is -2.35. The number of rotatable bonds is 6. The minimum Gasteiger partial charge on any atom is -0.383 e. The molecule has 2 aromatic rings. The number of fused-ring (bicyclic) bond motifs is 1. The Morgan fingerprint density at radius 2 is 1.81 bits per heavy atom. The zero-order valence-electron chi connectivity index (χ0n) is 18.9. The molecule has 32 heavy (non-hydrogen) atoms. The molecule has 0 bridgehead atoms. The van der Waals surface area contributed by atoms with Gasteiger partial charge in [-0.2, -0.15) is 0 Å². The van der Waals surface area contributed by atoms with E-state index < -0.39 is 11.9 Å². The van der Waals surface area contributed by atoms with Gasteiger partial charge in [0.2, 0.25) is 5.91 Å². The molecule has 0 N–H and O–H groups in total. The van der Waals surface area contributed by atoms with Crippen LogP contribution in [0.1, 0.15) is 39.5 Å². The molecule has 0 aliphatic carbocycles. The molecule has 0 spiro atoms. The molecule has 4 rings (SSSR count). The Labute approximate surface area is 188 Å². The van der Waals surface area contributed by atoms with Crippen molar-refractivity contribution in [3.8, 4) is 0 Å². The number of nitrogens with zero attached hydrogens (tertiary/aromatic N) is 3. The molecule has 1 saturated heterocycles. The maximum atomic E-state index is 14.0. The average Bonchev–Trinajstić information content (AvgIpc) is 3.03. The van der Waals surface area contributed by atoms with Crippen LogP contribution in [-0.2, 0) is 9.53 Å². The number of carbonyl (C=O) groups excluding carboxylic acids is 2. The Kier molecular flexibility index (Phi) is 6.58. The number of hydrogen-bond acceptors (Lipinski definition) is 4. The van der Waals surface area contributed by atoms with Gasteiger partial charge in [0.1, 0.15) is 5.82 Å². The Bertz CT molecular complexity index is 1020. The number of ether oxygens (including phenoxy) is 1. The monoisotopic (exact) mass is 439 g/mol. The first-order valence-corrected chi connectivity index (χ1v) is 11.1. The van der Waals surface area contributed by atoms with E-state index in [4.69, 9.17) is 4.74 Å². The second-order valence-electron chi connectivity index (χ2n) is 8.61.